The molecule has 1 saturated heterocycles. The molecule has 2 N–H and O–H groups in total. The van der Waals surface area contributed by atoms with Crippen LogP contribution in [0.5, 0.6) is 0 Å². The zero-order valence-corrected chi connectivity index (χ0v) is 19.6. The summed E-state index contributed by atoms with van der Waals surface area (Å²) in [4.78, 5) is 32.2. The van der Waals surface area contributed by atoms with Gasteiger partial charge < -0.3 is 19.9 Å². The van der Waals surface area contributed by atoms with Crippen molar-refractivity contribution in [2.75, 3.05) is 25.1 Å². The first-order valence-electron chi connectivity index (χ1n) is 11.2. The second-order valence-corrected chi connectivity index (χ2v) is 8.68. The van der Waals surface area contributed by atoms with E-state index in [0.717, 1.165) is 12.1 Å². The van der Waals surface area contributed by atoms with Crippen LogP contribution in [-0.2, 0) is 10.9 Å². The van der Waals surface area contributed by atoms with Crippen LogP contribution in [0.3, 0.4) is 0 Å². The van der Waals surface area contributed by atoms with E-state index in [9.17, 15) is 35.9 Å². The fraction of sp³-hybridized carbons (Fsp3) is 0.375. The van der Waals surface area contributed by atoms with E-state index in [0.29, 0.717) is 10.6 Å². The number of aromatic amines is 1. The van der Waals surface area contributed by atoms with Crippen molar-refractivity contribution in [1.29, 1.82) is 0 Å². The van der Waals surface area contributed by atoms with Crippen LogP contribution in [0.25, 0.3) is 10.9 Å². The standard InChI is InChI=1S/C24H22F6N4O3/c1-12(16-9-17-19(10-18(16)23(25,26)27)32-13(2)33-21(17)35)31-15-5-3-14(4-6-15)22(36)34-7-8-37-11-20(34)24(28,29)30/h3-6,9-10,12,20,31H,7-8,11H2,1-2H3,(H,32,33,35)/t12-,20?/m0/s1. The third-order valence-electron chi connectivity index (χ3n) is 6.05. The summed E-state index contributed by atoms with van der Waals surface area (Å²) in [5.41, 5.74) is -1.51. The Labute approximate surface area is 206 Å². The highest BCUT2D eigenvalue weighted by Crippen LogP contribution is 2.37. The number of carbonyl (C=O) groups is 1. The van der Waals surface area contributed by atoms with Crippen molar-refractivity contribution in [3.63, 3.8) is 0 Å². The van der Waals surface area contributed by atoms with E-state index < -0.39 is 48.1 Å². The summed E-state index contributed by atoms with van der Waals surface area (Å²) < 4.78 is 86.3. The van der Waals surface area contributed by atoms with Gasteiger partial charge in [0.15, 0.2) is 6.04 Å². The normalized spacial score (nSPS) is 17.6. The van der Waals surface area contributed by atoms with Crippen molar-refractivity contribution >= 4 is 22.5 Å². The molecule has 0 spiro atoms. The number of halogens is 6. The van der Waals surface area contributed by atoms with Crippen LogP contribution in [0.15, 0.2) is 41.2 Å². The van der Waals surface area contributed by atoms with Crippen LogP contribution >= 0.6 is 0 Å². The summed E-state index contributed by atoms with van der Waals surface area (Å²) in [6.07, 6.45) is -9.37. The zero-order valence-electron chi connectivity index (χ0n) is 19.6. The highest BCUT2D eigenvalue weighted by molar-refractivity contribution is 5.95. The van der Waals surface area contributed by atoms with Crippen LogP contribution < -0.4 is 10.9 Å². The van der Waals surface area contributed by atoms with Gasteiger partial charge in [-0.3, -0.25) is 9.59 Å². The van der Waals surface area contributed by atoms with Gasteiger partial charge in [-0.05, 0) is 55.8 Å². The van der Waals surface area contributed by atoms with E-state index in [-0.39, 0.29) is 41.0 Å². The fourth-order valence-electron chi connectivity index (χ4n) is 4.24. The third-order valence-corrected chi connectivity index (χ3v) is 6.05. The number of benzene rings is 2. The van der Waals surface area contributed by atoms with Gasteiger partial charge in [0.05, 0.1) is 29.7 Å². The molecule has 1 fully saturated rings. The predicted octanol–water partition coefficient (Wildman–Crippen LogP) is 4.83. The summed E-state index contributed by atoms with van der Waals surface area (Å²) in [6.45, 7) is 2.02. The highest BCUT2D eigenvalue weighted by atomic mass is 19.4. The smallest absolute Gasteiger partial charge is 0.379 e. The number of fused-ring (bicyclic) bond motifs is 1. The van der Waals surface area contributed by atoms with E-state index >= 15 is 0 Å². The molecule has 2 heterocycles. The van der Waals surface area contributed by atoms with E-state index in [1.807, 2.05) is 0 Å². The Morgan fingerprint density at radius 3 is 2.46 bits per heavy atom. The number of amides is 1. The van der Waals surface area contributed by atoms with Gasteiger partial charge in [-0.25, -0.2) is 4.98 Å². The zero-order chi connectivity index (χ0) is 27.1. The monoisotopic (exact) mass is 528 g/mol. The Kier molecular flexibility index (Phi) is 6.93. The van der Waals surface area contributed by atoms with Gasteiger partial charge in [-0.1, -0.05) is 0 Å². The number of hydrogen-bond donors (Lipinski definition) is 2. The van der Waals surface area contributed by atoms with Gasteiger partial charge in [0.2, 0.25) is 0 Å². The molecule has 1 aliphatic heterocycles. The Hall–Kier alpha value is -3.61. The Morgan fingerprint density at radius 2 is 1.84 bits per heavy atom. The van der Waals surface area contributed by atoms with Gasteiger partial charge in [-0.2, -0.15) is 26.3 Å². The van der Waals surface area contributed by atoms with Crippen molar-refractivity contribution in [1.82, 2.24) is 14.9 Å². The van der Waals surface area contributed by atoms with Crippen LogP contribution in [0, 0.1) is 6.92 Å². The molecule has 0 aliphatic carbocycles. The third kappa shape index (κ3) is 5.55. The lowest BCUT2D eigenvalue weighted by molar-refractivity contribution is -0.202. The van der Waals surface area contributed by atoms with E-state index in [1.54, 1.807) is 0 Å². The molecule has 13 heteroatoms. The molecular weight excluding hydrogens is 506 g/mol. The summed E-state index contributed by atoms with van der Waals surface area (Å²) in [5.74, 6) is -0.654. The fourth-order valence-corrected chi connectivity index (χ4v) is 4.24. The summed E-state index contributed by atoms with van der Waals surface area (Å²) in [6, 6.07) is 4.32. The number of hydrogen-bond acceptors (Lipinski definition) is 5. The van der Waals surface area contributed by atoms with Crippen LogP contribution in [0.4, 0.5) is 32.0 Å². The second-order valence-electron chi connectivity index (χ2n) is 8.68. The van der Waals surface area contributed by atoms with Crippen LogP contribution in [-0.4, -0.2) is 52.8 Å². The molecular formula is C24H22F6N4O3. The average molecular weight is 528 g/mol. The number of morpholine rings is 1. The van der Waals surface area contributed by atoms with Crippen molar-refractivity contribution in [2.45, 2.75) is 38.3 Å². The number of anilines is 1. The van der Waals surface area contributed by atoms with Crippen molar-refractivity contribution in [3.8, 4) is 0 Å². The Morgan fingerprint density at radius 1 is 1.16 bits per heavy atom. The van der Waals surface area contributed by atoms with E-state index in [2.05, 4.69) is 15.3 Å². The molecule has 4 rings (SSSR count). The number of carbonyl (C=O) groups excluding carboxylic acids is 1. The molecule has 1 aromatic heterocycles. The van der Waals surface area contributed by atoms with Crippen LogP contribution in [0.1, 0.15) is 40.3 Å². The molecule has 3 aromatic rings. The first-order valence-corrected chi connectivity index (χ1v) is 11.2. The quantitative estimate of drug-likeness (QED) is 0.474. The number of alkyl halides is 6. The topological polar surface area (TPSA) is 87.3 Å². The molecule has 1 unspecified atom stereocenters. The van der Waals surface area contributed by atoms with Crippen molar-refractivity contribution in [3.05, 3.63) is 69.3 Å². The van der Waals surface area contributed by atoms with Gasteiger partial charge >= 0.3 is 12.4 Å². The molecule has 2 atom stereocenters. The number of ether oxygens (including phenoxy) is 1. The lowest BCUT2D eigenvalue weighted by Crippen LogP contribution is -2.55. The number of rotatable bonds is 4. The Bertz CT molecular complexity index is 1370. The molecule has 198 valence electrons. The van der Waals surface area contributed by atoms with Gasteiger partial charge in [-0.15, -0.1) is 0 Å². The minimum atomic E-state index is -4.72. The molecule has 7 nitrogen and oxygen atoms in total. The van der Waals surface area contributed by atoms with Gasteiger partial charge in [0, 0.05) is 23.8 Å². The van der Waals surface area contributed by atoms with Gasteiger partial charge in [0.25, 0.3) is 11.5 Å². The molecule has 2 aromatic carbocycles. The summed E-state index contributed by atoms with van der Waals surface area (Å²) in [5, 5.41) is 2.88. The lowest BCUT2D eigenvalue weighted by atomic mass is 9.98. The van der Waals surface area contributed by atoms with E-state index in [1.165, 1.54) is 38.1 Å². The minimum Gasteiger partial charge on any atom is -0.379 e. The van der Waals surface area contributed by atoms with Crippen molar-refractivity contribution < 1.29 is 35.9 Å². The lowest BCUT2D eigenvalue weighted by Gasteiger charge is -2.36. The maximum absolute atomic E-state index is 13.8. The molecule has 1 amide bonds. The largest absolute Gasteiger partial charge is 0.416 e. The summed E-state index contributed by atoms with van der Waals surface area (Å²) >= 11 is 0. The SMILES string of the molecule is Cc1nc2cc(C(F)(F)F)c([C@H](C)Nc3ccc(C(=O)N4CCOCC4C(F)(F)F)cc3)cc2c(=O)[nH]1. The molecule has 0 saturated carbocycles. The first kappa shape index (κ1) is 26.5. The molecule has 1 aliphatic rings. The average Bonchev–Trinajstić information content (AvgIpc) is 2.82. The molecule has 0 radical (unpaired) electrons. The number of H-pyrrole nitrogens is 1. The van der Waals surface area contributed by atoms with Crippen molar-refractivity contribution in [2.24, 2.45) is 0 Å². The predicted molar refractivity (Wildman–Crippen MR) is 122 cm³/mol. The number of aromatic nitrogens is 2. The Balaban J connectivity index is 1.59. The maximum Gasteiger partial charge on any atom is 0.416 e. The maximum atomic E-state index is 13.8. The number of nitrogens with zero attached hydrogens (tertiary/aromatic N) is 2. The first-order chi connectivity index (χ1) is 17.3. The second kappa shape index (κ2) is 9.69. The number of nitrogens with one attached hydrogen (secondary N) is 2. The van der Waals surface area contributed by atoms with Crippen LogP contribution in [0.2, 0.25) is 0 Å². The number of aryl methyl sites for hydroxylation is 1. The van der Waals surface area contributed by atoms with E-state index in [4.69, 9.17) is 4.74 Å². The molecule has 37 heavy (non-hydrogen) atoms. The molecule has 0 bridgehead atoms. The summed E-state index contributed by atoms with van der Waals surface area (Å²) in [7, 11) is 0. The van der Waals surface area contributed by atoms with Gasteiger partial charge in [0.1, 0.15) is 5.82 Å². The minimum absolute atomic E-state index is 0.00655. The highest BCUT2D eigenvalue weighted by Gasteiger charge is 2.47.